The van der Waals surface area contributed by atoms with Gasteiger partial charge in [-0.25, -0.2) is 0 Å². The van der Waals surface area contributed by atoms with Crippen LogP contribution in [-0.2, 0) is 11.3 Å². The molecule has 2 saturated heterocycles. The van der Waals surface area contributed by atoms with Gasteiger partial charge in [-0.15, -0.1) is 10.2 Å². The Morgan fingerprint density at radius 3 is 2.87 bits per heavy atom. The van der Waals surface area contributed by atoms with E-state index in [1.54, 1.807) is 0 Å². The summed E-state index contributed by atoms with van der Waals surface area (Å²) in [6, 6.07) is 9.09. The van der Waals surface area contributed by atoms with E-state index in [2.05, 4.69) is 40.7 Å². The summed E-state index contributed by atoms with van der Waals surface area (Å²) in [4.78, 5) is 21.9. The van der Waals surface area contributed by atoms with E-state index in [1.165, 1.54) is 0 Å². The number of amides is 1. The first kappa shape index (κ1) is 19.0. The maximum Gasteiger partial charge on any atom is 0.298 e. The molecule has 2 fully saturated rings. The van der Waals surface area contributed by atoms with Crippen molar-refractivity contribution in [2.75, 3.05) is 31.1 Å². The summed E-state index contributed by atoms with van der Waals surface area (Å²) in [6.45, 7) is 4.02. The number of likely N-dealkylation sites (tertiary alicyclic amines) is 1. The van der Waals surface area contributed by atoms with E-state index in [-0.39, 0.29) is 11.8 Å². The molecule has 4 heterocycles. The Hall–Kier alpha value is -3.01. The van der Waals surface area contributed by atoms with Gasteiger partial charge in [0.05, 0.1) is 12.5 Å². The number of nitrogens with one attached hydrogen (secondary N) is 2. The number of para-hydroxylation sites is 2. The van der Waals surface area contributed by atoms with E-state index in [4.69, 9.17) is 4.42 Å². The summed E-state index contributed by atoms with van der Waals surface area (Å²) >= 11 is 0. The number of tetrazole rings is 1. The van der Waals surface area contributed by atoms with Gasteiger partial charge in [-0.3, -0.25) is 9.69 Å². The van der Waals surface area contributed by atoms with Gasteiger partial charge in [0, 0.05) is 25.7 Å². The number of aromatic amines is 1. The highest BCUT2D eigenvalue weighted by molar-refractivity contribution is 5.78. The second-order valence-corrected chi connectivity index (χ2v) is 8.06. The fourth-order valence-corrected chi connectivity index (χ4v) is 4.54. The number of oxazole rings is 1. The van der Waals surface area contributed by atoms with Crippen LogP contribution >= 0.6 is 0 Å². The van der Waals surface area contributed by atoms with Gasteiger partial charge in [0.1, 0.15) is 5.52 Å². The lowest BCUT2D eigenvalue weighted by atomic mass is 9.93. The molecule has 10 nitrogen and oxygen atoms in total. The Bertz CT molecular complexity index is 947. The van der Waals surface area contributed by atoms with Crippen molar-refractivity contribution in [2.45, 2.75) is 38.3 Å². The lowest BCUT2D eigenvalue weighted by Crippen LogP contribution is -2.50. The molecule has 2 N–H and O–H groups in total. The molecule has 0 bridgehead atoms. The molecule has 5 rings (SSSR count). The van der Waals surface area contributed by atoms with Crippen molar-refractivity contribution in [3.05, 3.63) is 30.1 Å². The third-order valence-electron chi connectivity index (χ3n) is 6.17. The van der Waals surface area contributed by atoms with E-state index < -0.39 is 0 Å². The zero-order valence-electron chi connectivity index (χ0n) is 16.8. The third-order valence-corrected chi connectivity index (χ3v) is 6.17. The quantitative estimate of drug-likeness (QED) is 0.647. The third kappa shape index (κ3) is 4.00. The van der Waals surface area contributed by atoms with Crippen molar-refractivity contribution in [3.8, 4) is 0 Å². The Kier molecular flexibility index (Phi) is 5.31. The number of anilines is 1. The molecule has 2 aliphatic heterocycles. The topological polar surface area (TPSA) is 116 Å². The number of rotatable bonds is 5. The van der Waals surface area contributed by atoms with Gasteiger partial charge in [0.2, 0.25) is 5.91 Å². The van der Waals surface area contributed by atoms with Crippen LogP contribution in [0.25, 0.3) is 11.1 Å². The molecule has 158 valence electrons. The molecule has 2 aliphatic rings. The molecular weight excluding hydrogens is 384 g/mol. The van der Waals surface area contributed by atoms with Gasteiger partial charge in [-0.2, -0.15) is 10.2 Å². The summed E-state index contributed by atoms with van der Waals surface area (Å²) in [7, 11) is 0. The number of carbonyl (C=O) groups is 1. The highest BCUT2D eigenvalue weighted by Crippen LogP contribution is 2.28. The van der Waals surface area contributed by atoms with Crippen molar-refractivity contribution in [1.29, 1.82) is 0 Å². The van der Waals surface area contributed by atoms with Crippen LogP contribution in [0.15, 0.2) is 28.7 Å². The average molecular weight is 410 g/mol. The molecule has 2 aromatic heterocycles. The molecule has 0 spiro atoms. The van der Waals surface area contributed by atoms with Crippen LogP contribution in [-0.4, -0.2) is 68.6 Å². The maximum absolute atomic E-state index is 12.6. The van der Waals surface area contributed by atoms with E-state index in [1.807, 2.05) is 24.3 Å². The minimum Gasteiger partial charge on any atom is -0.423 e. The smallest absolute Gasteiger partial charge is 0.298 e. The minimum absolute atomic E-state index is 0.0146. The number of aromatic nitrogens is 5. The number of carbonyl (C=O) groups excluding carboxylic acids is 1. The number of hydrogen-bond donors (Lipinski definition) is 2. The van der Waals surface area contributed by atoms with Crippen LogP contribution < -0.4 is 10.2 Å². The van der Waals surface area contributed by atoms with E-state index >= 15 is 0 Å². The summed E-state index contributed by atoms with van der Waals surface area (Å²) in [5.41, 5.74) is 1.74. The highest BCUT2D eigenvalue weighted by Gasteiger charge is 2.32. The predicted octanol–water partition coefficient (Wildman–Crippen LogP) is 1.34. The normalized spacial score (nSPS) is 21.2. The first-order valence-electron chi connectivity index (χ1n) is 10.6. The first-order chi connectivity index (χ1) is 14.8. The van der Waals surface area contributed by atoms with Crippen LogP contribution in [0.1, 0.15) is 31.5 Å². The SMILES string of the molecule is O=C(NCc1nn[nH]n1)[C@H]1CCCN(C2CCN(c3nc4ccccc4o3)CC2)C1. The van der Waals surface area contributed by atoms with Gasteiger partial charge >= 0.3 is 0 Å². The lowest BCUT2D eigenvalue weighted by molar-refractivity contribution is -0.127. The summed E-state index contributed by atoms with van der Waals surface area (Å²) in [5, 5.41) is 16.6. The summed E-state index contributed by atoms with van der Waals surface area (Å²) < 4.78 is 5.93. The first-order valence-corrected chi connectivity index (χ1v) is 10.6. The molecule has 0 aliphatic carbocycles. The van der Waals surface area contributed by atoms with Crippen molar-refractivity contribution in [1.82, 2.24) is 35.8 Å². The molecule has 0 saturated carbocycles. The highest BCUT2D eigenvalue weighted by atomic mass is 16.4. The number of piperidine rings is 2. The standard InChI is InChI=1S/C20H26N8O2/c29-19(21-12-18-23-25-26-24-18)14-4-3-9-28(13-14)15-7-10-27(11-8-15)20-22-16-5-1-2-6-17(16)30-20/h1-2,5-6,14-15H,3-4,7-13H2,(H,21,29)(H,23,24,25,26)/t14-/m0/s1. The molecule has 1 amide bonds. The predicted molar refractivity (Wildman–Crippen MR) is 110 cm³/mol. The lowest BCUT2D eigenvalue weighted by Gasteiger charge is -2.41. The Morgan fingerprint density at radius 2 is 2.07 bits per heavy atom. The zero-order valence-corrected chi connectivity index (χ0v) is 16.8. The van der Waals surface area contributed by atoms with Crippen LogP contribution in [0, 0.1) is 5.92 Å². The fourth-order valence-electron chi connectivity index (χ4n) is 4.54. The van der Waals surface area contributed by atoms with Crippen molar-refractivity contribution in [3.63, 3.8) is 0 Å². The van der Waals surface area contributed by atoms with E-state index in [0.29, 0.717) is 24.4 Å². The van der Waals surface area contributed by atoms with Gasteiger partial charge in [-0.05, 0) is 44.4 Å². The average Bonchev–Trinajstić information content (AvgIpc) is 3.47. The van der Waals surface area contributed by atoms with Gasteiger partial charge < -0.3 is 14.6 Å². The molecule has 1 atom stereocenters. The Balaban J connectivity index is 1.14. The van der Waals surface area contributed by atoms with Gasteiger partial charge in [-0.1, -0.05) is 17.3 Å². The number of hydrogen-bond acceptors (Lipinski definition) is 8. The van der Waals surface area contributed by atoms with Gasteiger partial charge in [0.25, 0.3) is 6.01 Å². The minimum atomic E-state index is 0.0146. The molecule has 3 aromatic rings. The Labute approximate surface area is 174 Å². The monoisotopic (exact) mass is 410 g/mol. The Morgan fingerprint density at radius 1 is 1.20 bits per heavy atom. The van der Waals surface area contributed by atoms with Crippen LogP contribution in [0.5, 0.6) is 0 Å². The number of H-pyrrole nitrogens is 1. The summed E-state index contributed by atoms with van der Waals surface area (Å²) in [6.07, 6.45) is 4.08. The second kappa shape index (κ2) is 8.39. The molecule has 1 aromatic carbocycles. The van der Waals surface area contributed by atoms with Crippen LogP contribution in [0.3, 0.4) is 0 Å². The number of fused-ring (bicyclic) bond motifs is 1. The molecule has 30 heavy (non-hydrogen) atoms. The summed E-state index contributed by atoms with van der Waals surface area (Å²) in [5.74, 6) is 0.594. The van der Waals surface area contributed by atoms with Crippen LogP contribution in [0.4, 0.5) is 6.01 Å². The molecule has 0 radical (unpaired) electrons. The van der Waals surface area contributed by atoms with Crippen molar-refractivity contribution < 1.29 is 9.21 Å². The van der Waals surface area contributed by atoms with E-state index in [9.17, 15) is 4.79 Å². The number of nitrogens with zero attached hydrogens (tertiary/aromatic N) is 6. The molecular formula is C20H26N8O2. The number of benzene rings is 1. The van der Waals surface area contributed by atoms with Crippen molar-refractivity contribution in [2.24, 2.45) is 5.92 Å². The van der Waals surface area contributed by atoms with Gasteiger partial charge in [0.15, 0.2) is 11.4 Å². The molecule has 10 heteroatoms. The largest absolute Gasteiger partial charge is 0.423 e. The maximum atomic E-state index is 12.6. The molecule has 0 unspecified atom stereocenters. The van der Waals surface area contributed by atoms with E-state index in [0.717, 1.165) is 63.0 Å². The second-order valence-electron chi connectivity index (χ2n) is 8.06. The van der Waals surface area contributed by atoms with Crippen LogP contribution in [0.2, 0.25) is 0 Å². The van der Waals surface area contributed by atoms with Crippen molar-refractivity contribution >= 4 is 23.0 Å². The fraction of sp³-hybridized carbons (Fsp3) is 0.550. The zero-order chi connectivity index (χ0) is 20.3.